The van der Waals surface area contributed by atoms with Gasteiger partial charge in [0.1, 0.15) is 0 Å². The Morgan fingerprint density at radius 3 is 2.33 bits per heavy atom. The van der Waals surface area contributed by atoms with E-state index in [1.807, 2.05) is 0 Å². The predicted octanol–water partition coefficient (Wildman–Crippen LogP) is 5.52. The number of carbonyl (C=O) groups is 2. The molecule has 3 aliphatic carbocycles. The maximum Gasteiger partial charge on any atom is 0.389 e. The Kier molecular flexibility index (Phi) is 7.73. The van der Waals surface area contributed by atoms with E-state index < -0.39 is 67.1 Å². The number of hydrogen-bond acceptors (Lipinski definition) is 4. The number of carbonyl (C=O) groups excluding carboxylic acids is 2. The standard InChI is InChI=1S/C26H30F7N5O2/c27-23(28)16-10-17(16)24(40)37-22(14-3-6-25(29,30)7-4-14)18-12-38-19(35-18)9-15(11-34-38)21(13-1-2-13)36-20(39)5-8-26(31,32)33/h9,11-14,16-17,21-23H,1-8,10H2,(H,36,39)(H,37,40)/t16?,17-,21?,22+/m1/s1. The molecule has 2 heterocycles. The molecule has 220 valence electrons. The van der Waals surface area contributed by atoms with Crippen molar-refractivity contribution in [3.8, 4) is 0 Å². The Morgan fingerprint density at radius 2 is 1.73 bits per heavy atom. The average molecular weight is 578 g/mol. The second-order valence-corrected chi connectivity index (χ2v) is 11.3. The van der Waals surface area contributed by atoms with Crippen LogP contribution in [0.25, 0.3) is 5.65 Å². The van der Waals surface area contributed by atoms with Gasteiger partial charge in [0.05, 0.1) is 36.6 Å². The fourth-order valence-electron chi connectivity index (χ4n) is 5.52. The Hall–Kier alpha value is -2.93. The maximum absolute atomic E-state index is 13.9. The van der Waals surface area contributed by atoms with Gasteiger partial charge in [0.25, 0.3) is 0 Å². The summed E-state index contributed by atoms with van der Waals surface area (Å²) in [5.41, 5.74) is 1.24. The number of nitrogens with one attached hydrogen (secondary N) is 2. The van der Waals surface area contributed by atoms with Crippen molar-refractivity contribution >= 4 is 17.5 Å². The van der Waals surface area contributed by atoms with Crippen LogP contribution in [-0.2, 0) is 9.59 Å². The van der Waals surface area contributed by atoms with E-state index in [-0.39, 0.29) is 43.9 Å². The molecule has 0 aromatic carbocycles. The molecular formula is C26H30F7N5O2. The monoisotopic (exact) mass is 577 g/mol. The first kappa shape index (κ1) is 28.6. The lowest BCUT2D eigenvalue weighted by atomic mass is 9.81. The van der Waals surface area contributed by atoms with E-state index in [1.165, 1.54) is 10.7 Å². The highest BCUT2D eigenvalue weighted by atomic mass is 19.4. The van der Waals surface area contributed by atoms with Gasteiger partial charge in [-0.25, -0.2) is 27.1 Å². The topological polar surface area (TPSA) is 88.4 Å². The first-order chi connectivity index (χ1) is 18.8. The fraction of sp³-hybridized carbons (Fsp3) is 0.692. The number of amides is 2. The SMILES string of the molecule is O=C(CCC(F)(F)F)NC(c1cnn2cc([C@@H](NC(=O)[C@@H]3CC3C(F)F)C3CCC(F)(F)CC3)nc2c1)C1CC1. The van der Waals surface area contributed by atoms with Gasteiger partial charge in [0.2, 0.25) is 24.2 Å². The van der Waals surface area contributed by atoms with E-state index in [0.29, 0.717) is 16.9 Å². The van der Waals surface area contributed by atoms with Crippen LogP contribution >= 0.6 is 0 Å². The van der Waals surface area contributed by atoms with Crippen LogP contribution in [0.5, 0.6) is 0 Å². The molecule has 7 nitrogen and oxygen atoms in total. The van der Waals surface area contributed by atoms with Crippen molar-refractivity contribution < 1.29 is 40.3 Å². The first-order valence-corrected chi connectivity index (χ1v) is 13.5. The van der Waals surface area contributed by atoms with Gasteiger partial charge < -0.3 is 10.6 Å². The van der Waals surface area contributed by atoms with Crippen molar-refractivity contribution in [1.29, 1.82) is 0 Å². The zero-order chi connectivity index (χ0) is 28.8. The van der Waals surface area contributed by atoms with E-state index in [9.17, 15) is 40.3 Å². The van der Waals surface area contributed by atoms with E-state index in [1.54, 1.807) is 12.3 Å². The third-order valence-electron chi connectivity index (χ3n) is 8.11. The molecule has 3 aliphatic rings. The molecular weight excluding hydrogens is 547 g/mol. The van der Waals surface area contributed by atoms with Crippen LogP contribution in [0, 0.1) is 23.7 Å². The summed E-state index contributed by atoms with van der Waals surface area (Å²) in [6, 6.07) is 0.315. The number of hydrogen-bond donors (Lipinski definition) is 2. The predicted molar refractivity (Wildman–Crippen MR) is 127 cm³/mol. The van der Waals surface area contributed by atoms with Gasteiger partial charge in [-0.2, -0.15) is 18.3 Å². The van der Waals surface area contributed by atoms with Crippen LogP contribution in [0.2, 0.25) is 0 Å². The van der Waals surface area contributed by atoms with Crippen LogP contribution in [0.1, 0.15) is 81.1 Å². The maximum atomic E-state index is 13.9. The lowest BCUT2D eigenvalue weighted by molar-refractivity contribution is -0.144. The van der Waals surface area contributed by atoms with Crippen molar-refractivity contribution in [2.75, 3.05) is 0 Å². The van der Waals surface area contributed by atoms with Gasteiger partial charge in [-0.1, -0.05) is 0 Å². The number of aromatic nitrogens is 3. The molecule has 3 fully saturated rings. The number of imidazole rings is 1. The summed E-state index contributed by atoms with van der Waals surface area (Å²) in [4.78, 5) is 29.6. The number of alkyl halides is 7. The number of rotatable bonds is 10. The summed E-state index contributed by atoms with van der Waals surface area (Å²) in [7, 11) is 0. The molecule has 40 heavy (non-hydrogen) atoms. The Labute approximate surface area is 225 Å². The van der Waals surface area contributed by atoms with Gasteiger partial charge in [0, 0.05) is 31.1 Å². The second-order valence-electron chi connectivity index (χ2n) is 11.3. The summed E-state index contributed by atoms with van der Waals surface area (Å²) >= 11 is 0. The Bertz CT molecular complexity index is 1240. The number of fused-ring (bicyclic) bond motifs is 1. The summed E-state index contributed by atoms with van der Waals surface area (Å²) in [6.07, 6.45) is -4.81. The molecule has 2 aromatic rings. The minimum absolute atomic E-state index is 0.0470. The highest BCUT2D eigenvalue weighted by Gasteiger charge is 2.50. The number of halogens is 7. The molecule has 4 atom stereocenters. The van der Waals surface area contributed by atoms with E-state index >= 15 is 0 Å². The molecule has 0 spiro atoms. The van der Waals surface area contributed by atoms with Gasteiger partial charge in [-0.3, -0.25) is 9.59 Å². The van der Waals surface area contributed by atoms with Crippen molar-refractivity contribution in [2.24, 2.45) is 23.7 Å². The highest BCUT2D eigenvalue weighted by molar-refractivity contribution is 5.82. The zero-order valence-corrected chi connectivity index (χ0v) is 21.4. The number of nitrogens with zero attached hydrogens (tertiary/aromatic N) is 3. The fourth-order valence-corrected chi connectivity index (χ4v) is 5.52. The molecule has 2 aromatic heterocycles. The minimum Gasteiger partial charge on any atom is -0.349 e. The summed E-state index contributed by atoms with van der Waals surface area (Å²) < 4.78 is 92.9. The van der Waals surface area contributed by atoms with Crippen LogP contribution in [0.4, 0.5) is 30.7 Å². The third-order valence-corrected chi connectivity index (χ3v) is 8.11. The second kappa shape index (κ2) is 10.8. The van der Waals surface area contributed by atoms with Gasteiger partial charge in [-0.15, -0.1) is 0 Å². The lowest BCUT2D eigenvalue weighted by Crippen LogP contribution is -2.38. The molecule has 2 amide bonds. The van der Waals surface area contributed by atoms with Crippen LogP contribution in [0.3, 0.4) is 0 Å². The third kappa shape index (κ3) is 6.85. The highest BCUT2D eigenvalue weighted by Crippen LogP contribution is 2.46. The summed E-state index contributed by atoms with van der Waals surface area (Å²) in [5, 5.41) is 9.79. The quantitative estimate of drug-likeness (QED) is 0.364. The summed E-state index contributed by atoms with van der Waals surface area (Å²) in [5.74, 6) is -6.29. The molecule has 2 unspecified atom stereocenters. The van der Waals surface area contributed by atoms with Crippen molar-refractivity contribution in [1.82, 2.24) is 25.2 Å². The normalized spacial score (nSPS) is 24.6. The molecule has 2 N–H and O–H groups in total. The van der Waals surface area contributed by atoms with Gasteiger partial charge >= 0.3 is 6.18 Å². The van der Waals surface area contributed by atoms with Crippen molar-refractivity contribution in [3.63, 3.8) is 0 Å². The molecule has 0 saturated heterocycles. The van der Waals surface area contributed by atoms with E-state index in [4.69, 9.17) is 0 Å². The molecule has 14 heteroatoms. The van der Waals surface area contributed by atoms with Gasteiger partial charge in [-0.05, 0) is 55.6 Å². The molecule has 0 bridgehead atoms. The zero-order valence-electron chi connectivity index (χ0n) is 21.4. The van der Waals surface area contributed by atoms with E-state index in [2.05, 4.69) is 20.7 Å². The van der Waals surface area contributed by atoms with E-state index in [0.717, 1.165) is 12.8 Å². The molecule has 3 saturated carbocycles. The van der Waals surface area contributed by atoms with Crippen molar-refractivity contribution in [3.05, 3.63) is 29.7 Å². The smallest absolute Gasteiger partial charge is 0.349 e. The Balaban J connectivity index is 1.36. The van der Waals surface area contributed by atoms with Crippen molar-refractivity contribution in [2.45, 2.75) is 88.4 Å². The average Bonchev–Trinajstić information content (AvgIpc) is 3.80. The largest absolute Gasteiger partial charge is 0.389 e. The lowest BCUT2D eigenvalue weighted by Gasteiger charge is -2.33. The molecule has 0 aliphatic heterocycles. The molecule has 0 radical (unpaired) electrons. The van der Waals surface area contributed by atoms with Crippen LogP contribution in [-0.4, -0.2) is 44.9 Å². The molecule has 5 rings (SSSR count). The van der Waals surface area contributed by atoms with Gasteiger partial charge in [0.15, 0.2) is 5.65 Å². The minimum atomic E-state index is -4.45. The van der Waals surface area contributed by atoms with Crippen LogP contribution in [0.15, 0.2) is 18.5 Å². The Morgan fingerprint density at radius 1 is 1.05 bits per heavy atom. The van der Waals surface area contributed by atoms with Crippen LogP contribution < -0.4 is 10.6 Å². The summed E-state index contributed by atoms with van der Waals surface area (Å²) in [6.45, 7) is 0. The first-order valence-electron chi connectivity index (χ1n) is 13.5.